The number of hydrogen-bond acceptors (Lipinski definition) is 2. The highest BCUT2D eigenvalue weighted by Crippen LogP contribution is 2.28. The summed E-state index contributed by atoms with van der Waals surface area (Å²) in [4.78, 5) is 22.6. The van der Waals surface area contributed by atoms with Crippen LogP contribution < -0.4 is 5.32 Å². The van der Waals surface area contributed by atoms with Crippen molar-refractivity contribution in [2.45, 2.75) is 44.6 Å². The molecule has 0 spiro atoms. The standard InChI is InChI=1S/C11H17NO3/c1-8(2)9(13)12-11(10(14)15)6-4-3-5-7-11/h1,3-7H2,2H3,(H,12,13)(H,14,15). The van der Waals surface area contributed by atoms with E-state index >= 15 is 0 Å². The highest BCUT2D eigenvalue weighted by molar-refractivity contribution is 5.96. The van der Waals surface area contributed by atoms with Crippen LogP contribution in [-0.4, -0.2) is 22.5 Å². The molecule has 1 amide bonds. The van der Waals surface area contributed by atoms with E-state index in [9.17, 15) is 14.7 Å². The first kappa shape index (κ1) is 11.8. The Morgan fingerprint density at radius 2 is 1.80 bits per heavy atom. The number of carboxylic acid groups (broad SMARTS) is 1. The molecule has 15 heavy (non-hydrogen) atoms. The molecule has 0 atom stereocenters. The van der Waals surface area contributed by atoms with Gasteiger partial charge in [0.25, 0.3) is 0 Å². The maximum atomic E-state index is 11.4. The first-order valence-electron chi connectivity index (χ1n) is 5.19. The van der Waals surface area contributed by atoms with E-state index in [0.29, 0.717) is 18.4 Å². The SMILES string of the molecule is C=C(C)C(=O)NC1(C(=O)O)CCCCC1. The van der Waals surface area contributed by atoms with Gasteiger partial charge in [-0.2, -0.15) is 0 Å². The van der Waals surface area contributed by atoms with E-state index < -0.39 is 11.5 Å². The van der Waals surface area contributed by atoms with Crippen molar-refractivity contribution in [3.63, 3.8) is 0 Å². The lowest BCUT2D eigenvalue weighted by Crippen LogP contribution is -2.55. The Hall–Kier alpha value is -1.32. The molecule has 4 heteroatoms. The van der Waals surface area contributed by atoms with Crippen LogP contribution in [0.3, 0.4) is 0 Å². The lowest BCUT2D eigenvalue weighted by Gasteiger charge is -2.33. The molecule has 1 saturated carbocycles. The Bertz CT molecular complexity index is 290. The highest BCUT2D eigenvalue weighted by Gasteiger charge is 2.40. The maximum Gasteiger partial charge on any atom is 0.329 e. The van der Waals surface area contributed by atoms with Crippen molar-refractivity contribution >= 4 is 11.9 Å². The van der Waals surface area contributed by atoms with Crippen LogP contribution in [0.4, 0.5) is 0 Å². The van der Waals surface area contributed by atoms with Crippen LogP contribution in [0.25, 0.3) is 0 Å². The van der Waals surface area contributed by atoms with Gasteiger partial charge < -0.3 is 10.4 Å². The second kappa shape index (κ2) is 4.47. The Balaban J connectivity index is 2.77. The third-order valence-electron chi connectivity index (χ3n) is 2.86. The zero-order valence-corrected chi connectivity index (χ0v) is 9.01. The average Bonchev–Trinajstić information content (AvgIpc) is 2.18. The molecule has 1 aliphatic rings. The van der Waals surface area contributed by atoms with Gasteiger partial charge in [-0.1, -0.05) is 25.8 Å². The Morgan fingerprint density at radius 3 is 2.20 bits per heavy atom. The number of carbonyl (C=O) groups excluding carboxylic acids is 1. The second-order valence-electron chi connectivity index (χ2n) is 4.18. The van der Waals surface area contributed by atoms with Gasteiger partial charge in [0.1, 0.15) is 5.54 Å². The van der Waals surface area contributed by atoms with Crippen LogP contribution in [0.2, 0.25) is 0 Å². The van der Waals surface area contributed by atoms with Crippen LogP contribution in [0.15, 0.2) is 12.2 Å². The van der Waals surface area contributed by atoms with E-state index in [2.05, 4.69) is 11.9 Å². The third kappa shape index (κ3) is 2.58. The molecular formula is C11H17NO3. The van der Waals surface area contributed by atoms with Gasteiger partial charge in [-0.25, -0.2) is 4.79 Å². The summed E-state index contributed by atoms with van der Waals surface area (Å²) in [7, 11) is 0. The molecule has 0 aromatic rings. The maximum absolute atomic E-state index is 11.4. The molecule has 84 valence electrons. The fourth-order valence-electron chi connectivity index (χ4n) is 1.87. The molecule has 0 unspecified atom stereocenters. The van der Waals surface area contributed by atoms with Gasteiger partial charge in [0, 0.05) is 5.57 Å². The van der Waals surface area contributed by atoms with E-state index in [1.54, 1.807) is 6.92 Å². The molecule has 0 aromatic heterocycles. The van der Waals surface area contributed by atoms with E-state index in [-0.39, 0.29) is 5.91 Å². The molecule has 1 aliphatic carbocycles. The zero-order chi connectivity index (χ0) is 11.5. The Labute approximate surface area is 89.4 Å². The average molecular weight is 211 g/mol. The van der Waals surface area contributed by atoms with Crippen LogP contribution in [0, 0.1) is 0 Å². The molecule has 0 aliphatic heterocycles. The second-order valence-corrected chi connectivity index (χ2v) is 4.18. The minimum Gasteiger partial charge on any atom is -0.480 e. The van der Waals surface area contributed by atoms with E-state index in [4.69, 9.17) is 0 Å². The van der Waals surface area contributed by atoms with Crippen molar-refractivity contribution in [2.75, 3.05) is 0 Å². The molecule has 0 bridgehead atoms. The quantitative estimate of drug-likeness (QED) is 0.694. The van der Waals surface area contributed by atoms with Crippen LogP contribution in [-0.2, 0) is 9.59 Å². The topological polar surface area (TPSA) is 66.4 Å². The molecule has 1 fully saturated rings. The van der Waals surface area contributed by atoms with Crippen molar-refractivity contribution < 1.29 is 14.7 Å². The van der Waals surface area contributed by atoms with Crippen LogP contribution in [0.5, 0.6) is 0 Å². The molecule has 0 saturated heterocycles. The summed E-state index contributed by atoms with van der Waals surface area (Å²) in [5, 5.41) is 11.8. The van der Waals surface area contributed by atoms with Gasteiger partial charge in [0.15, 0.2) is 0 Å². The number of nitrogens with one attached hydrogen (secondary N) is 1. The van der Waals surface area contributed by atoms with Gasteiger partial charge in [-0.05, 0) is 19.8 Å². The molecule has 2 N–H and O–H groups in total. The first-order chi connectivity index (χ1) is 6.98. The monoisotopic (exact) mass is 211 g/mol. The summed E-state index contributed by atoms with van der Waals surface area (Å²) >= 11 is 0. The fraction of sp³-hybridized carbons (Fsp3) is 0.636. The smallest absolute Gasteiger partial charge is 0.329 e. The Kier molecular flexibility index (Phi) is 3.50. The normalized spacial score (nSPS) is 19.3. The van der Waals surface area contributed by atoms with Crippen molar-refractivity contribution in [3.05, 3.63) is 12.2 Å². The van der Waals surface area contributed by atoms with Gasteiger partial charge in [-0.15, -0.1) is 0 Å². The number of hydrogen-bond donors (Lipinski definition) is 2. The summed E-state index contributed by atoms with van der Waals surface area (Å²) in [5.74, 6) is -1.30. The van der Waals surface area contributed by atoms with E-state index in [0.717, 1.165) is 19.3 Å². The fourth-order valence-corrected chi connectivity index (χ4v) is 1.87. The summed E-state index contributed by atoms with van der Waals surface area (Å²) < 4.78 is 0. The minimum atomic E-state index is -1.06. The molecule has 1 rings (SSSR count). The molecular weight excluding hydrogens is 194 g/mol. The summed E-state index contributed by atoms with van der Waals surface area (Å²) in [6, 6.07) is 0. The van der Waals surface area contributed by atoms with Gasteiger partial charge in [0.05, 0.1) is 0 Å². The van der Waals surface area contributed by atoms with Crippen LogP contribution >= 0.6 is 0 Å². The van der Waals surface area contributed by atoms with Crippen molar-refractivity contribution in [3.8, 4) is 0 Å². The summed E-state index contributed by atoms with van der Waals surface area (Å²) in [6.45, 7) is 5.08. The minimum absolute atomic E-state index is 0.348. The number of aliphatic carboxylic acids is 1. The Morgan fingerprint density at radius 1 is 1.27 bits per heavy atom. The first-order valence-corrected chi connectivity index (χ1v) is 5.19. The number of carboxylic acids is 1. The molecule has 0 aromatic carbocycles. The highest BCUT2D eigenvalue weighted by atomic mass is 16.4. The lowest BCUT2D eigenvalue weighted by atomic mass is 9.81. The molecule has 0 radical (unpaired) electrons. The summed E-state index contributed by atoms with van der Waals surface area (Å²) in [5.41, 5.74) is -0.713. The summed E-state index contributed by atoms with van der Waals surface area (Å²) in [6.07, 6.45) is 3.77. The predicted octanol–water partition coefficient (Wildman–Crippen LogP) is 1.47. The molecule has 4 nitrogen and oxygen atoms in total. The van der Waals surface area contributed by atoms with Crippen molar-refractivity contribution in [1.29, 1.82) is 0 Å². The predicted molar refractivity (Wildman–Crippen MR) is 56.4 cm³/mol. The number of carbonyl (C=O) groups is 2. The zero-order valence-electron chi connectivity index (χ0n) is 9.01. The van der Waals surface area contributed by atoms with Crippen molar-refractivity contribution in [2.24, 2.45) is 0 Å². The number of amides is 1. The van der Waals surface area contributed by atoms with E-state index in [1.165, 1.54) is 0 Å². The van der Waals surface area contributed by atoms with Gasteiger partial charge >= 0.3 is 5.97 Å². The molecule has 0 heterocycles. The third-order valence-corrected chi connectivity index (χ3v) is 2.86. The van der Waals surface area contributed by atoms with Gasteiger partial charge in [0.2, 0.25) is 5.91 Å². The lowest BCUT2D eigenvalue weighted by molar-refractivity contribution is -0.148. The van der Waals surface area contributed by atoms with E-state index in [1.807, 2.05) is 0 Å². The van der Waals surface area contributed by atoms with Crippen LogP contribution in [0.1, 0.15) is 39.0 Å². The largest absolute Gasteiger partial charge is 0.480 e. The van der Waals surface area contributed by atoms with Crippen molar-refractivity contribution in [1.82, 2.24) is 5.32 Å². The van der Waals surface area contributed by atoms with Gasteiger partial charge in [-0.3, -0.25) is 4.79 Å². The number of rotatable bonds is 3.